The van der Waals surface area contributed by atoms with Crippen LogP contribution in [0.3, 0.4) is 0 Å². The first-order valence-corrected chi connectivity index (χ1v) is 7.82. The van der Waals surface area contributed by atoms with Crippen LogP contribution in [0.2, 0.25) is 0 Å². The molecule has 0 radical (unpaired) electrons. The fourth-order valence-corrected chi connectivity index (χ4v) is 2.52. The standard InChI is InChI=1S/C17H26F2O/c1-3-5-7-9-13(8-6-4-2)17(20)14-10-11-15(18)16(19)12-14/h10-13,15-16H,3-9H2,1-2H3. The number of halogens is 2. The number of rotatable bonds is 9. The van der Waals surface area contributed by atoms with E-state index < -0.39 is 12.3 Å². The Labute approximate surface area is 121 Å². The van der Waals surface area contributed by atoms with Gasteiger partial charge >= 0.3 is 0 Å². The largest absolute Gasteiger partial charge is 0.294 e. The Kier molecular flexibility index (Phi) is 7.71. The molecule has 1 rings (SSSR count). The number of carbonyl (C=O) groups is 1. The van der Waals surface area contributed by atoms with Crippen molar-refractivity contribution < 1.29 is 13.6 Å². The third-order valence-electron chi connectivity index (χ3n) is 3.82. The summed E-state index contributed by atoms with van der Waals surface area (Å²) >= 11 is 0. The van der Waals surface area contributed by atoms with E-state index in [0.717, 1.165) is 57.1 Å². The summed E-state index contributed by atoms with van der Waals surface area (Å²) in [6.45, 7) is 4.23. The van der Waals surface area contributed by atoms with Crippen LogP contribution in [0.15, 0.2) is 23.8 Å². The molecule has 1 aliphatic rings. The summed E-state index contributed by atoms with van der Waals surface area (Å²) in [5.74, 6) is -0.0545. The van der Waals surface area contributed by atoms with E-state index >= 15 is 0 Å². The lowest BCUT2D eigenvalue weighted by molar-refractivity contribution is -0.119. The lowest BCUT2D eigenvalue weighted by Gasteiger charge is -2.19. The van der Waals surface area contributed by atoms with Gasteiger partial charge in [0.05, 0.1) is 0 Å². The number of hydrogen-bond acceptors (Lipinski definition) is 1. The predicted molar refractivity (Wildman–Crippen MR) is 79.2 cm³/mol. The minimum Gasteiger partial charge on any atom is -0.294 e. The van der Waals surface area contributed by atoms with Gasteiger partial charge in [-0.25, -0.2) is 8.78 Å². The van der Waals surface area contributed by atoms with Gasteiger partial charge in [0.15, 0.2) is 18.1 Å². The number of ketones is 1. The van der Waals surface area contributed by atoms with Crippen LogP contribution in [0.4, 0.5) is 8.78 Å². The maximum Gasteiger partial charge on any atom is 0.165 e. The highest BCUT2D eigenvalue weighted by atomic mass is 19.2. The van der Waals surface area contributed by atoms with E-state index in [1.165, 1.54) is 6.08 Å². The number of carbonyl (C=O) groups excluding carboxylic acids is 1. The van der Waals surface area contributed by atoms with Gasteiger partial charge in [0, 0.05) is 11.5 Å². The zero-order valence-corrected chi connectivity index (χ0v) is 12.6. The van der Waals surface area contributed by atoms with E-state index in [4.69, 9.17) is 0 Å². The van der Waals surface area contributed by atoms with Gasteiger partial charge in [-0.1, -0.05) is 52.0 Å². The first-order valence-electron chi connectivity index (χ1n) is 7.82. The topological polar surface area (TPSA) is 17.1 Å². The van der Waals surface area contributed by atoms with Crippen LogP contribution in [0, 0.1) is 5.92 Å². The molecule has 0 fully saturated rings. The Bertz CT molecular complexity index is 360. The lowest BCUT2D eigenvalue weighted by atomic mass is 9.86. The zero-order chi connectivity index (χ0) is 15.0. The van der Waals surface area contributed by atoms with Crippen LogP contribution in [0.1, 0.15) is 58.8 Å². The van der Waals surface area contributed by atoms with Crippen molar-refractivity contribution in [3.63, 3.8) is 0 Å². The van der Waals surface area contributed by atoms with Crippen molar-refractivity contribution in [1.29, 1.82) is 0 Å². The van der Waals surface area contributed by atoms with Crippen molar-refractivity contribution >= 4 is 5.78 Å². The Morgan fingerprint density at radius 2 is 1.75 bits per heavy atom. The molecule has 0 saturated carbocycles. The van der Waals surface area contributed by atoms with Gasteiger partial charge < -0.3 is 0 Å². The van der Waals surface area contributed by atoms with E-state index in [9.17, 15) is 13.6 Å². The quantitative estimate of drug-likeness (QED) is 0.537. The molecule has 20 heavy (non-hydrogen) atoms. The molecule has 0 aromatic heterocycles. The second-order valence-corrected chi connectivity index (χ2v) is 5.57. The van der Waals surface area contributed by atoms with Crippen LogP contribution >= 0.6 is 0 Å². The number of Topliss-reactive ketones (excluding diaryl/α,β-unsaturated/α-hetero) is 1. The van der Waals surface area contributed by atoms with Crippen molar-refractivity contribution in [2.24, 2.45) is 5.92 Å². The van der Waals surface area contributed by atoms with Gasteiger partial charge in [-0.2, -0.15) is 0 Å². The maximum atomic E-state index is 13.4. The third-order valence-corrected chi connectivity index (χ3v) is 3.82. The fraction of sp³-hybridized carbons (Fsp3) is 0.706. The molecule has 3 heteroatoms. The van der Waals surface area contributed by atoms with Gasteiger partial charge in [-0.3, -0.25) is 4.79 Å². The van der Waals surface area contributed by atoms with Crippen molar-refractivity contribution in [2.75, 3.05) is 0 Å². The molecule has 1 aliphatic carbocycles. The lowest BCUT2D eigenvalue weighted by Crippen LogP contribution is -2.22. The van der Waals surface area contributed by atoms with E-state index in [1.54, 1.807) is 0 Å². The molecule has 0 N–H and O–H groups in total. The Hall–Kier alpha value is -0.990. The molecule has 0 heterocycles. The minimum absolute atomic E-state index is 0.0136. The smallest absolute Gasteiger partial charge is 0.165 e. The normalized spacial score (nSPS) is 23.5. The summed E-state index contributed by atoms with van der Waals surface area (Å²) in [4.78, 5) is 12.4. The second kappa shape index (κ2) is 9.04. The van der Waals surface area contributed by atoms with Gasteiger partial charge in [0.1, 0.15) is 0 Å². The Morgan fingerprint density at radius 1 is 1.10 bits per heavy atom. The van der Waals surface area contributed by atoms with Gasteiger partial charge in [-0.15, -0.1) is 0 Å². The van der Waals surface area contributed by atoms with Crippen molar-refractivity contribution in [1.82, 2.24) is 0 Å². The predicted octanol–water partition coefficient (Wildman–Crippen LogP) is 5.11. The van der Waals surface area contributed by atoms with Crippen LogP contribution in [-0.4, -0.2) is 18.1 Å². The molecule has 114 valence electrons. The van der Waals surface area contributed by atoms with E-state index in [0.29, 0.717) is 5.57 Å². The highest BCUT2D eigenvalue weighted by molar-refractivity contribution is 6.00. The summed E-state index contributed by atoms with van der Waals surface area (Å²) in [5.41, 5.74) is 0.351. The molecule has 0 aliphatic heterocycles. The third kappa shape index (κ3) is 5.18. The molecular weight excluding hydrogens is 258 g/mol. The molecule has 3 atom stereocenters. The summed E-state index contributed by atoms with van der Waals surface area (Å²) in [5, 5.41) is 0. The first-order chi connectivity index (χ1) is 9.60. The van der Waals surface area contributed by atoms with Crippen LogP contribution < -0.4 is 0 Å². The highest BCUT2D eigenvalue weighted by Crippen LogP contribution is 2.25. The number of unbranched alkanes of at least 4 members (excludes halogenated alkanes) is 3. The minimum atomic E-state index is -1.68. The Balaban J connectivity index is 2.66. The molecule has 0 bridgehead atoms. The van der Waals surface area contributed by atoms with Crippen molar-refractivity contribution in [2.45, 2.75) is 71.1 Å². The van der Waals surface area contributed by atoms with Crippen LogP contribution in [-0.2, 0) is 4.79 Å². The summed E-state index contributed by atoms with van der Waals surface area (Å²) in [6.07, 6.45) is 7.47. The highest BCUT2D eigenvalue weighted by Gasteiger charge is 2.26. The van der Waals surface area contributed by atoms with Gasteiger partial charge in [0.25, 0.3) is 0 Å². The molecule has 0 saturated heterocycles. The summed E-state index contributed by atoms with van der Waals surface area (Å²) in [6, 6.07) is 0. The number of allylic oxidation sites excluding steroid dienone is 4. The monoisotopic (exact) mass is 284 g/mol. The summed E-state index contributed by atoms with van der Waals surface area (Å²) in [7, 11) is 0. The van der Waals surface area contributed by atoms with Gasteiger partial charge in [0.2, 0.25) is 0 Å². The fourth-order valence-electron chi connectivity index (χ4n) is 2.52. The average molecular weight is 284 g/mol. The molecular formula is C17H26F2O. The van der Waals surface area contributed by atoms with Crippen molar-refractivity contribution in [3.05, 3.63) is 23.8 Å². The summed E-state index contributed by atoms with van der Waals surface area (Å²) < 4.78 is 26.4. The first kappa shape index (κ1) is 17.1. The molecule has 0 spiro atoms. The number of alkyl halides is 2. The van der Waals surface area contributed by atoms with E-state index in [1.807, 2.05) is 0 Å². The Morgan fingerprint density at radius 3 is 2.35 bits per heavy atom. The molecule has 0 amide bonds. The average Bonchev–Trinajstić information content (AvgIpc) is 2.45. The molecule has 1 nitrogen and oxygen atoms in total. The van der Waals surface area contributed by atoms with Crippen LogP contribution in [0.5, 0.6) is 0 Å². The van der Waals surface area contributed by atoms with E-state index in [2.05, 4.69) is 13.8 Å². The zero-order valence-electron chi connectivity index (χ0n) is 12.6. The second-order valence-electron chi connectivity index (χ2n) is 5.57. The van der Waals surface area contributed by atoms with E-state index in [-0.39, 0.29) is 11.7 Å². The molecule has 0 aromatic rings. The van der Waals surface area contributed by atoms with Gasteiger partial charge in [-0.05, 0) is 25.0 Å². The van der Waals surface area contributed by atoms with Crippen LogP contribution in [0.25, 0.3) is 0 Å². The molecule has 0 aromatic carbocycles. The molecule has 3 unspecified atom stereocenters. The van der Waals surface area contributed by atoms with Crippen molar-refractivity contribution in [3.8, 4) is 0 Å². The maximum absolute atomic E-state index is 13.4. The number of hydrogen-bond donors (Lipinski definition) is 0. The SMILES string of the molecule is CCCCCC(CCCC)C(=O)C1=CC(F)C(F)C=C1.